The van der Waals surface area contributed by atoms with Gasteiger partial charge in [-0.25, -0.2) is 0 Å². The summed E-state index contributed by atoms with van der Waals surface area (Å²) in [5, 5.41) is 14.0. The van der Waals surface area contributed by atoms with E-state index in [1.807, 2.05) is 42.5 Å². The highest BCUT2D eigenvalue weighted by atomic mass is 79.9. The molecule has 2 N–H and O–H groups in total. The second kappa shape index (κ2) is 15.8. The van der Waals surface area contributed by atoms with Gasteiger partial charge in [0.15, 0.2) is 0 Å². The number of nitrogens with one attached hydrogen (secondary N) is 1. The molecule has 48 heavy (non-hydrogen) atoms. The number of likely N-dealkylation sites (tertiary alicyclic amines) is 1. The van der Waals surface area contributed by atoms with Crippen LogP contribution in [0.25, 0.3) is 10.8 Å². The van der Waals surface area contributed by atoms with Crippen LogP contribution in [0.15, 0.2) is 67.8 Å². The fourth-order valence-electron chi connectivity index (χ4n) is 7.51. The van der Waals surface area contributed by atoms with E-state index in [-0.39, 0.29) is 42.2 Å². The van der Waals surface area contributed by atoms with Crippen molar-refractivity contribution >= 4 is 56.1 Å². The molecule has 5 rings (SSSR count). The van der Waals surface area contributed by atoms with Gasteiger partial charge in [0.1, 0.15) is 17.7 Å². The van der Waals surface area contributed by atoms with E-state index >= 15 is 0 Å². The van der Waals surface area contributed by atoms with Crippen molar-refractivity contribution in [2.75, 3.05) is 31.1 Å². The van der Waals surface area contributed by atoms with Crippen LogP contribution < -0.4 is 10.2 Å². The number of benzene rings is 2. The summed E-state index contributed by atoms with van der Waals surface area (Å²) in [6.45, 7) is 9.99. The molecule has 7 atom stereocenters. The Hall–Kier alpha value is -3.54. The van der Waals surface area contributed by atoms with E-state index in [0.717, 1.165) is 23.6 Å². The van der Waals surface area contributed by atoms with Crippen LogP contribution in [-0.2, 0) is 28.7 Å². The zero-order chi connectivity index (χ0) is 34.4. The summed E-state index contributed by atoms with van der Waals surface area (Å²) in [4.78, 5) is 58.3. The molecule has 10 nitrogen and oxygen atoms in total. The quantitative estimate of drug-likeness (QED) is 0.105. The van der Waals surface area contributed by atoms with Gasteiger partial charge in [0, 0.05) is 36.6 Å². The lowest BCUT2D eigenvalue weighted by atomic mass is 9.70. The molecule has 0 radical (unpaired) electrons. The molecule has 0 aliphatic carbocycles. The van der Waals surface area contributed by atoms with Gasteiger partial charge >= 0.3 is 5.97 Å². The number of esters is 1. The number of carbonyl (C=O) groups excluding carboxylic acids is 4. The Balaban J connectivity index is 1.44. The number of allylic oxidation sites excluding steroid dienone is 1. The number of aliphatic hydroxyl groups excluding tert-OH is 1. The molecule has 2 bridgehead atoms. The molecule has 3 aliphatic rings. The van der Waals surface area contributed by atoms with Crippen LogP contribution in [0.3, 0.4) is 0 Å². The van der Waals surface area contributed by atoms with Gasteiger partial charge in [-0.1, -0.05) is 71.3 Å². The third-order valence-corrected chi connectivity index (χ3v) is 10.5. The number of nitrogens with zero attached hydrogens (tertiary/aromatic N) is 2. The van der Waals surface area contributed by atoms with Crippen molar-refractivity contribution in [1.29, 1.82) is 0 Å². The normalized spacial score (nSPS) is 26.3. The number of aliphatic hydroxyl groups is 1. The summed E-state index contributed by atoms with van der Waals surface area (Å²) < 4.78 is 12.5. The van der Waals surface area contributed by atoms with Crippen molar-refractivity contribution in [3.63, 3.8) is 0 Å². The Morgan fingerprint density at radius 2 is 1.90 bits per heavy atom. The van der Waals surface area contributed by atoms with Crippen LogP contribution in [0.2, 0.25) is 0 Å². The second-order valence-corrected chi connectivity index (χ2v) is 14.2. The Bertz CT molecular complexity index is 1530. The van der Waals surface area contributed by atoms with E-state index in [1.54, 1.807) is 28.9 Å². The third-order valence-electron chi connectivity index (χ3n) is 9.70. The van der Waals surface area contributed by atoms with Gasteiger partial charge in [-0.3, -0.25) is 19.2 Å². The van der Waals surface area contributed by atoms with Crippen molar-refractivity contribution in [3.8, 4) is 0 Å². The Labute approximate surface area is 290 Å². The van der Waals surface area contributed by atoms with E-state index in [9.17, 15) is 24.3 Å². The number of anilines is 1. The monoisotopic (exact) mass is 723 g/mol. The maximum Gasteiger partial charge on any atom is 0.312 e. The Morgan fingerprint density at radius 3 is 2.62 bits per heavy atom. The summed E-state index contributed by atoms with van der Waals surface area (Å²) in [7, 11) is 0. The van der Waals surface area contributed by atoms with E-state index in [0.29, 0.717) is 44.3 Å². The zero-order valence-corrected chi connectivity index (χ0v) is 29.1. The van der Waals surface area contributed by atoms with Crippen LogP contribution in [-0.4, -0.2) is 88.6 Å². The number of hydrogen-bond donors (Lipinski definition) is 2. The van der Waals surface area contributed by atoms with Gasteiger partial charge in [-0.2, -0.15) is 0 Å². The number of halogens is 1. The maximum absolute atomic E-state index is 14.9. The molecule has 0 aromatic heterocycles. The lowest BCUT2D eigenvalue weighted by molar-refractivity contribution is -0.159. The number of ether oxygens (including phenoxy) is 2. The first-order valence-corrected chi connectivity index (χ1v) is 17.8. The fraction of sp³-hybridized carbons (Fsp3) is 0.514. The summed E-state index contributed by atoms with van der Waals surface area (Å²) in [6.07, 6.45) is 6.11. The molecule has 1 unspecified atom stereocenters. The highest BCUT2D eigenvalue weighted by Gasteiger charge is 2.77. The number of carbonyl (C=O) groups is 4. The Morgan fingerprint density at radius 1 is 1.15 bits per heavy atom. The first-order valence-electron chi connectivity index (χ1n) is 16.9. The van der Waals surface area contributed by atoms with Crippen LogP contribution in [0.4, 0.5) is 5.69 Å². The fourth-order valence-corrected chi connectivity index (χ4v) is 8.45. The molecular weight excluding hydrogens is 678 g/mol. The first-order chi connectivity index (χ1) is 23.2. The van der Waals surface area contributed by atoms with Crippen molar-refractivity contribution in [3.05, 3.63) is 67.8 Å². The molecule has 3 saturated heterocycles. The minimum Gasteiger partial charge on any atom is -0.460 e. The number of unbranched alkanes of at least 4 members (excludes halogenated alkanes) is 3. The molecule has 3 heterocycles. The number of fused-ring (bicyclic) bond motifs is 2. The molecule has 1 spiro atoms. The van der Waals surface area contributed by atoms with Crippen molar-refractivity contribution in [2.24, 2.45) is 11.8 Å². The topological polar surface area (TPSA) is 125 Å². The van der Waals surface area contributed by atoms with Gasteiger partial charge in [0.05, 0.1) is 24.5 Å². The number of alkyl halides is 1. The highest BCUT2D eigenvalue weighted by molar-refractivity contribution is 9.09. The van der Waals surface area contributed by atoms with Gasteiger partial charge in [0.2, 0.25) is 11.8 Å². The van der Waals surface area contributed by atoms with Gasteiger partial charge in [-0.05, 0) is 55.5 Å². The zero-order valence-electron chi connectivity index (χ0n) is 27.5. The Kier molecular flexibility index (Phi) is 11.8. The van der Waals surface area contributed by atoms with Gasteiger partial charge in [0.25, 0.3) is 5.91 Å². The number of amides is 3. The number of rotatable bonds is 17. The van der Waals surface area contributed by atoms with E-state index in [4.69, 9.17) is 9.47 Å². The molecule has 2 aromatic carbocycles. The summed E-state index contributed by atoms with van der Waals surface area (Å²) in [5.41, 5.74) is -0.558. The molecule has 11 heteroatoms. The van der Waals surface area contributed by atoms with Crippen molar-refractivity contribution in [1.82, 2.24) is 10.2 Å². The SMILES string of the molecule is C=CCCC(=O)NC[C@@H](C)OC(=O)[C@@H]1[C@H]2O[C@@]3(CC2Br)[C@H](C(=O)N(CC=C)c2ccc4ccccc4c2)N(CCCCCCO)C(=O)[C@@H]13. The van der Waals surface area contributed by atoms with Gasteiger partial charge in [-0.15, -0.1) is 13.2 Å². The van der Waals surface area contributed by atoms with Crippen LogP contribution in [0.5, 0.6) is 0 Å². The smallest absolute Gasteiger partial charge is 0.312 e. The molecular formula is C37H46BrN3O7. The summed E-state index contributed by atoms with van der Waals surface area (Å²) >= 11 is 3.72. The lowest BCUT2D eigenvalue weighted by Crippen LogP contribution is -2.57. The highest BCUT2D eigenvalue weighted by Crippen LogP contribution is 2.60. The summed E-state index contributed by atoms with van der Waals surface area (Å²) in [6, 6.07) is 12.8. The van der Waals surface area contributed by atoms with Crippen LogP contribution in [0.1, 0.15) is 51.9 Å². The molecule has 2 aromatic rings. The standard InChI is InChI=1S/C37H46BrN3O7/c1-4-6-15-29(43)39-23-24(3)47-36(46)30-31-34(44)41(19-11-7-8-12-20-42)33(37(31)22-28(38)32(30)48-37)35(45)40(18-5-2)27-17-16-25-13-9-10-14-26(25)21-27/h4-5,9-10,13-14,16-17,21,24,28,30-33,42H,1-2,6-8,11-12,15,18-20,22-23H2,3H3,(H,39,43)/t24-,28?,30+,31-,32+,33+,37-/m1/s1. The molecule has 3 amide bonds. The maximum atomic E-state index is 14.9. The van der Waals surface area contributed by atoms with Crippen LogP contribution in [0, 0.1) is 11.8 Å². The van der Waals surface area contributed by atoms with Crippen molar-refractivity contribution < 1.29 is 33.8 Å². The lowest BCUT2D eigenvalue weighted by Gasteiger charge is -2.37. The average molecular weight is 725 g/mol. The molecule has 3 aliphatic heterocycles. The summed E-state index contributed by atoms with van der Waals surface area (Å²) in [5.74, 6) is -3.14. The minimum absolute atomic E-state index is 0.0970. The van der Waals surface area contributed by atoms with E-state index in [2.05, 4.69) is 34.4 Å². The largest absolute Gasteiger partial charge is 0.460 e. The third kappa shape index (κ3) is 7.09. The molecule has 3 fully saturated rings. The van der Waals surface area contributed by atoms with Gasteiger partial charge < -0.3 is 29.7 Å². The van der Waals surface area contributed by atoms with E-state index in [1.165, 1.54) is 0 Å². The molecule has 258 valence electrons. The van der Waals surface area contributed by atoms with Crippen LogP contribution >= 0.6 is 15.9 Å². The number of hydrogen-bond acceptors (Lipinski definition) is 7. The average Bonchev–Trinajstić information content (AvgIpc) is 3.67. The minimum atomic E-state index is -1.24. The predicted octanol–water partition coefficient (Wildman–Crippen LogP) is 4.67. The molecule has 0 saturated carbocycles. The van der Waals surface area contributed by atoms with Crippen molar-refractivity contribution in [2.45, 2.75) is 80.5 Å². The first kappa shape index (κ1) is 35.8. The predicted molar refractivity (Wildman–Crippen MR) is 187 cm³/mol. The second-order valence-electron chi connectivity index (χ2n) is 13.0. The van der Waals surface area contributed by atoms with E-state index < -0.39 is 41.7 Å².